The molecule has 0 spiro atoms. The van der Waals surface area contributed by atoms with Gasteiger partial charge in [-0.1, -0.05) is 42.3 Å². The molecule has 1 aromatic carbocycles. The first-order valence-corrected chi connectivity index (χ1v) is 5.55. The van der Waals surface area contributed by atoms with Crippen LogP contribution in [0.15, 0.2) is 36.4 Å². The van der Waals surface area contributed by atoms with Crippen molar-refractivity contribution >= 4 is 17.8 Å². The van der Waals surface area contributed by atoms with Crippen molar-refractivity contribution in [3.63, 3.8) is 0 Å². The van der Waals surface area contributed by atoms with E-state index in [0.717, 1.165) is 5.56 Å². The third-order valence-corrected chi connectivity index (χ3v) is 2.07. The molecule has 0 aromatic heterocycles. The van der Waals surface area contributed by atoms with Gasteiger partial charge in [0.15, 0.2) is 0 Å². The Kier molecular flexibility index (Phi) is 5.99. The Hall–Kier alpha value is -2.34. The van der Waals surface area contributed by atoms with Crippen molar-refractivity contribution in [3.8, 4) is 11.8 Å². The van der Waals surface area contributed by atoms with Gasteiger partial charge in [-0.15, -0.1) is 5.92 Å². The molecule has 0 aliphatic rings. The Balaban J connectivity index is 2.33. The van der Waals surface area contributed by atoms with Gasteiger partial charge in [0, 0.05) is 0 Å². The summed E-state index contributed by atoms with van der Waals surface area (Å²) >= 11 is 0. The minimum Gasteiger partial charge on any atom is -0.456 e. The fourth-order valence-corrected chi connectivity index (χ4v) is 1.19. The third kappa shape index (κ3) is 5.13. The van der Waals surface area contributed by atoms with E-state index in [-0.39, 0.29) is 13.0 Å². The Labute approximate surface area is 106 Å². The molecule has 3 heteroatoms. The zero-order valence-corrected chi connectivity index (χ0v) is 10.2. The van der Waals surface area contributed by atoms with E-state index in [1.165, 1.54) is 0 Å². The van der Waals surface area contributed by atoms with Gasteiger partial charge in [-0.05, 0) is 18.6 Å². The van der Waals surface area contributed by atoms with Crippen molar-refractivity contribution in [2.24, 2.45) is 0 Å². The van der Waals surface area contributed by atoms with E-state index in [2.05, 4.69) is 11.8 Å². The molecular formula is C15H14O3. The van der Waals surface area contributed by atoms with Crippen molar-refractivity contribution in [1.82, 2.24) is 0 Å². The first-order valence-electron chi connectivity index (χ1n) is 5.55. The molecule has 1 aromatic rings. The average Bonchev–Trinajstić information content (AvgIpc) is 2.41. The molecule has 18 heavy (non-hydrogen) atoms. The fraction of sp³-hybridized carbons (Fsp3) is 0.200. The molecule has 0 atom stereocenters. The maximum Gasteiger partial charge on any atom is 0.375 e. The lowest BCUT2D eigenvalue weighted by molar-refractivity contribution is -0.152. The highest BCUT2D eigenvalue weighted by atomic mass is 16.5. The first-order chi connectivity index (χ1) is 8.74. The Morgan fingerprint density at radius 1 is 1.28 bits per heavy atom. The van der Waals surface area contributed by atoms with Gasteiger partial charge >= 0.3 is 5.97 Å². The number of ether oxygens (including phenoxy) is 1. The molecule has 0 aliphatic heterocycles. The zero-order valence-electron chi connectivity index (χ0n) is 10.2. The number of hydrogen-bond donors (Lipinski definition) is 0. The minimum absolute atomic E-state index is 0.0824. The standard InChI is InChI=1S/C15H14O3/c1-2-3-11-14(16)15(17)18-12-7-10-13-8-5-4-6-9-13/h4-10H,11-12H2,1H3. The second-order valence-corrected chi connectivity index (χ2v) is 3.44. The average molecular weight is 242 g/mol. The molecule has 3 nitrogen and oxygen atoms in total. The summed E-state index contributed by atoms with van der Waals surface area (Å²) < 4.78 is 4.78. The summed E-state index contributed by atoms with van der Waals surface area (Å²) in [6, 6.07) is 9.61. The van der Waals surface area contributed by atoms with Gasteiger partial charge in [0.25, 0.3) is 5.78 Å². The molecule has 0 N–H and O–H groups in total. The van der Waals surface area contributed by atoms with Crippen LogP contribution in [0.25, 0.3) is 6.08 Å². The number of Topliss-reactive ketones (excluding diaryl/α,β-unsaturated/α-hetero) is 1. The van der Waals surface area contributed by atoms with Gasteiger partial charge in [0.05, 0.1) is 6.42 Å². The van der Waals surface area contributed by atoms with Crippen molar-refractivity contribution in [2.75, 3.05) is 6.61 Å². The Morgan fingerprint density at radius 2 is 2.00 bits per heavy atom. The summed E-state index contributed by atoms with van der Waals surface area (Å²) in [6.45, 7) is 1.69. The molecule has 0 amide bonds. The summed E-state index contributed by atoms with van der Waals surface area (Å²) in [5.41, 5.74) is 1.01. The van der Waals surface area contributed by atoms with Crippen LogP contribution in [-0.4, -0.2) is 18.4 Å². The second-order valence-electron chi connectivity index (χ2n) is 3.44. The number of benzene rings is 1. The van der Waals surface area contributed by atoms with E-state index in [1.807, 2.05) is 36.4 Å². The van der Waals surface area contributed by atoms with Crippen molar-refractivity contribution in [2.45, 2.75) is 13.3 Å². The number of carbonyl (C=O) groups excluding carboxylic acids is 2. The van der Waals surface area contributed by atoms with Gasteiger partial charge in [0.2, 0.25) is 0 Å². The molecule has 1 rings (SSSR count). The smallest absolute Gasteiger partial charge is 0.375 e. The lowest BCUT2D eigenvalue weighted by atomic mass is 10.2. The predicted octanol–water partition coefficient (Wildman–Crippen LogP) is 2.23. The summed E-state index contributed by atoms with van der Waals surface area (Å²) in [4.78, 5) is 22.4. The number of hydrogen-bond acceptors (Lipinski definition) is 3. The summed E-state index contributed by atoms with van der Waals surface area (Å²) in [7, 11) is 0. The second kappa shape index (κ2) is 7.86. The first kappa shape index (κ1) is 13.7. The van der Waals surface area contributed by atoms with Gasteiger partial charge in [-0.2, -0.15) is 0 Å². The van der Waals surface area contributed by atoms with Gasteiger partial charge in [0.1, 0.15) is 6.61 Å². The van der Waals surface area contributed by atoms with Crippen LogP contribution in [0.2, 0.25) is 0 Å². The van der Waals surface area contributed by atoms with Crippen LogP contribution in [0.3, 0.4) is 0 Å². The lowest BCUT2D eigenvalue weighted by Crippen LogP contribution is -2.16. The highest BCUT2D eigenvalue weighted by molar-refractivity contribution is 6.34. The molecule has 92 valence electrons. The van der Waals surface area contributed by atoms with E-state index in [4.69, 9.17) is 4.74 Å². The number of ketones is 1. The van der Waals surface area contributed by atoms with Crippen molar-refractivity contribution < 1.29 is 14.3 Å². The van der Waals surface area contributed by atoms with E-state index < -0.39 is 11.8 Å². The largest absolute Gasteiger partial charge is 0.456 e. The summed E-state index contributed by atoms with van der Waals surface area (Å²) in [6.07, 6.45) is 3.42. The SMILES string of the molecule is CC#CCC(=O)C(=O)OCC=Cc1ccccc1. The summed E-state index contributed by atoms with van der Waals surface area (Å²) in [5.74, 6) is 3.63. The normalized spacial score (nSPS) is 9.61. The molecular weight excluding hydrogens is 228 g/mol. The van der Waals surface area contributed by atoms with Crippen LogP contribution in [0.5, 0.6) is 0 Å². The molecule has 0 bridgehead atoms. The maximum atomic E-state index is 11.2. The molecule has 0 unspecified atom stereocenters. The van der Waals surface area contributed by atoms with Crippen LogP contribution in [0.4, 0.5) is 0 Å². The van der Waals surface area contributed by atoms with Crippen LogP contribution >= 0.6 is 0 Å². The van der Waals surface area contributed by atoms with Crippen molar-refractivity contribution in [3.05, 3.63) is 42.0 Å². The molecule has 0 fully saturated rings. The molecule has 0 aliphatic carbocycles. The molecule has 0 radical (unpaired) electrons. The molecule has 0 saturated carbocycles. The number of carbonyl (C=O) groups is 2. The predicted molar refractivity (Wildman–Crippen MR) is 69.5 cm³/mol. The van der Waals surface area contributed by atoms with Gasteiger partial charge in [-0.25, -0.2) is 4.79 Å². The van der Waals surface area contributed by atoms with Gasteiger partial charge in [-0.3, -0.25) is 4.79 Å². The highest BCUT2D eigenvalue weighted by Gasteiger charge is 2.12. The highest BCUT2D eigenvalue weighted by Crippen LogP contribution is 2.00. The number of esters is 1. The van der Waals surface area contributed by atoms with Crippen LogP contribution in [0, 0.1) is 11.8 Å². The van der Waals surface area contributed by atoms with E-state index >= 15 is 0 Å². The topological polar surface area (TPSA) is 43.4 Å². The van der Waals surface area contributed by atoms with E-state index in [9.17, 15) is 9.59 Å². The monoisotopic (exact) mass is 242 g/mol. The maximum absolute atomic E-state index is 11.2. The number of rotatable bonds is 5. The zero-order chi connectivity index (χ0) is 13.2. The molecule has 0 heterocycles. The van der Waals surface area contributed by atoms with Crippen LogP contribution < -0.4 is 0 Å². The minimum atomic E-state index is -0.838. The fourth-order valence-electron chi connectivity index (χ4n) is 1.19. The Bertz CT molecular complexity index is 489. The summed E-state index contributed by atoms with van der Waals surface area (Å²) in [5, 5.41) is 0. The van der Waals surface area contributed by atoms with E-state index in [1.54, 1.807) is 13.0 Å². The third-order valence-electron chi connectivity index (χ3n) is 2.07. The van der Waals surface area contributed by atoms with Crippen molar-refractivity contribution in [1.29, 1.82) is 0 Å². The Morgan fingerprint density at radius 3 is 2.67 bits per heavy atom. The van der Waals surface area contributed by atoms with Crippen LogP contribution in [-0.2, 0) is 14.3 Å². The van der Waals surface area contributed by atoms with E-state index in [0.29, 0.717) is 0 Å². The quantitative estimate of drug-likeness (QED) is 0.452. The van der Waals surface area contributed by atoms with Crippen LogP contribution in [0.1, 0.15) is 18.9 Å². The molecule has 0 saturated heterocycles. The van der Waals surface area contributed by atoms with Gasteiger partial charge < -0.3 is 4.74 Å². The lowest BCUT2D eigenvalue weighted by Gasteiger charge is -1.98.